The number of benzene rings is 1. The van der Waals surface area contributed by atoms with Gasteiger partial charge in [0, 0.05) is 36.7 Å². The summed E-state index contributed by atoms with van der Waals surface area (Å²) in [6, 6.07) is 4.62. The average molecular weight is 465 g/mol. The predicted molar refractivity (Wildman–Crippen MR) is 111 cm³/mol. The normalized spacial score (nSPS) is 13.7. The molecule has 2 aromatic rings. The number of alkyl halides is 2. The molecule has 0 radical (unpaired) electrons. The highest BCUT2D eigenvalue weighted by Gasteiger charge is 2.26. The summed E-state index contributed by atoms with van der Waals surface area (Å²) in [6.07, 6.45) is 2.33. The highest BCUT2D eigenvalue weighted by Crippen LogP contribution is 2.36. The molecule has 2 rings (SSSR count). The van der Waals surface area contributed by atoms with Gasteiger partial charge in [-0.25, -0.2) is 9.19 Å². The second kappa shape index (κ2) is 11.3. The van der Waals surface area contributed by atoms with Crippen LogP contribution < -0.4 is 4.90 Å². The van der Waals surface area contributed by atoms with E-state index in [1.54, 1.807) is 6.07 Å². The Kier molecular flexibility index (Phi) is 9.11. The molecule has 8 nitrogen and oxygen atoms in total. The third-order valence-electron chi connectivity index (χ3n) is 3.87. The maximum absolute atomic E-state index is 13.1. The summed E-state index contributed by atoms with van der Waals surface area (Å²) in [7, 11) is -4.89. The van der Waals surface area contributed by atoms with Crippen LogP contribution in [0.5, 0.6) is 0 Å². The predicted octanol–water partition coefficient (Wildman–Crippen LogP) is 6.28. The van der Waals surface area contributed by atoms with E-state index in [4.69, 9.17) is 0 Å². The molecule has 30 heavy (non-hydrogen) atoms. The number of hydrogen-bond acceptors (Lipinski definition) is 9. The van der Waals surface area contributed by atoms with E-state index < -0.39 is 15.8 Å². The first-order valence-corrected chi connectivity index (χ1v) is 11.6. The zero-order valence-corrected chi connectivity index (χ0v) is 18.4. The first kappa shape index (κ1) is 24.2. The van der Waals surface area contributed by atoms with Crippen LogP contribution in [-0.4, -0.2) is 32.4 Å². The van der Waals surface area contributed by atoms with Crippen LogP contribution in [0.2, 0.25) is 0 Å². The van der Waals surface area contributed by atoms with Crippen molar-refractivity contribution in [3.63, 3.8) is 0 Å². The molecule has 0 aliphatic rings. The molecular weight excluding hydrogens is 441 g/mol. The van der Waals surface area contributed by atoms with Gasteiger partial charge in [0.05, 0.1) is 0 Å². The molecule has 0 bridgehead atoms. The molecule has 13 heteroatoms. The molecule has 0 spiro atoms. The van der Waals surface area contributed by atoms with Crippen LogP contribution in [0, 0.1) is 0 Å². The molecule has 1 atom stereocenters. The van der Waals surface area contributed by atoms with E-state index in [9.17, 15) is 17.5 Å². The minimum Gasteiger partial charge on any atom is -0.371 e. The van der Waals surface area contributed by atoms with Crippen molar-refractivity contribution in [1.82, 2.24) is 9.36 Å². The molecule has 0 amide bonds. The summed E-state index contributed by atoms with van der Waals surface area (Å²) in [4.78, 5) is 6.15. The zero-order chi connectivity index (χ0) is 22.1. The van der Waals surface area contributed by atoms with Crippen LogP contribution in [-0.2, 0) is 20.8 Å². The number of aromatic nitrogens is 2. The monoisotopic (exact) mass is 464 g/mol. The molecule has 1 aromatic heterocycles. The quantitative estimate of drug-likeness (QED) is 0.365. The van der Waals surface area contributed by atoms with E-state index in [1.165, 1.54) is 12.1 Å². The second-order valence-corrected chi connectivity index (χ2v) is 8.56. The third-order valence-corrected chi connectivity index (χ3v) is 5.59. The highest BCUT2D eigenvalue weighted by atomic mass is 32.2. The molecule has 166 valence electrons. The lowest BCUT2D eigenvalue weighted by atomic mass is 10.2. The van der Waals surface area contributed by atoms with Gasteiger partial charge in [-0.15, -0.1) is 10.2 Å². The van der Waals surface area contributed by atoms with Crippen LogP contribution in [0.1, 0.15) is 39.4 Å². The number of anilines is 1. The van der Waals surface area contributed by atoms with Crippen molar-refractivity contribution in [1.29, 1.82) is 0 Å². The van der Waals surface area contributed by atoms with Crippen molar-refractivity contribution < 1.29 is 21.9 Å². The first-order chi connectivity index (χ1) is 14.4. The Hall–Kier alpha value is -2.12. The molecule has 0 saturated carbocycles. The van der Waals surface area contributed by atoms with Gasteiger partial charge in [0.1, 0.15) is 17.2 Å². The minimum atomic E-state index is -4.89. The average Bonchev–Trinajstić information content (AvgIpc) is 3.20. The van der Waals surface area contributed by atoms with Crippen LogP contribution in [0.3, 0.4) is 0 Å². The molecular formula is C17H23F3N6O2S2. The fraction of sp³-hybridized carbons (Fsp3) is 0.529. The van der Waals surface area contributed by atoms with Crippen molar-refractivity contribution in [2.24, 2.45) is 14.6 Å². The Bertz CT molecular complexity index is 970. The number of nitrogens with zero attached hydrogens (tertiary/aromatic N) is 6. The maximum Gasteiger partial charge on any atom is 0.345 e. The van der Waals surface area contributed by atoms with E-state index in [1.807, 2.05) is 25.7 Å². The molecule has 0 aliphatic carbocycles. The number of hydrogen-bond donors (Lipinski definition) is 0. The fourth-order valence-corrected chi connectivity index (χ4v) is 3.68. The van der Waals surface area contributed by atoms with Crippen molar-refractivity contribution in [2.45, 2.75) is 45.8 Å². The van der Waals surface area contributed by atoms with Crippen LogP contribution in [0.4, 0.5) is 35.5 Å². The van der Waals surface area contributed by atoms with Gasteiger partial charge >= 0.3 is 5.76 Å². The standard InChI is InChI=1S/C17H23F3N6O2S2/c1-4-9-26(10-5-2)12-7-8-13(22-23-17-21-15(6-3)24-29-17)14(11-12)25-30(27,28-20)16(18)19/h7-8,11,16H,4-6,9-10H2,1-3H3. The van der Waals surface area contributed by atoms with E-state index >= 15 is 0 Å². The van der Waals surface area contributed by atoms with Crippen molar-refractivity contribution in [3.8, 4) is 0 Å². The first-order valence-electron chi connectivity index (χ1n) is 9.34. The lowest BCUT2D eigenvalue weighted by Crippen LogP contribution is -2.24. The summed E-state index contributed by atoms with van der Waals surface area (Å²) < 4.78 is 61.3. The van der Waals surface area contributed by atoms with Crippen molar-refractivity contribution >= 4 is 43.7 Å². The zero-order valence-electron chi connectivity index (χ0n) is 16.8. The van der Waals surface area contributed by atoms with Gasteiger partial charge in [-0.3, -0.25) is 0 Å². The summed E-state index contributed by atoms with van der Waals surface area (Å²) in [6.45, 7) is 7.31. The smallest absolute Gasteiger partial charge is 0.345 e. The Balaban J connectivity index is 2.54. The molecule has 1 unspecified atom stereocenters. The van der Waals surface area contributed by atoms with E-state index in [-0.39, 0.29) is 16.5 Å². The molecule has 1 aromatic carbocycles. The summed E-state index contributed by atoms with van der Waals surface area (Å²) in [5.74, 6) is -3.05. The number of halogens is 3. The molecule has 0 aliphatic heterocycles. The van der Waals surface area contributed by atoms with Crippen LogP contribution in [0.15, 0.2) is 32.8 Å². The van der Waals surface area contributed by atoms with Gasteiger partial charge in [-0.05, 0) is 35.6 Å². The Morgan fingerprint density at radius 1 is 1.17 bits per heavy atom. The number of rotatable bonds is 11. The van der Waals surface area contributed by atoms with E-state index in [0.717, 1.165) is 24.4 Å². The van der Waals surface area contributed by atoms with Gasteiger partial charge in [-0.2, -0.15) is 17.5 Å². The molecule has 0 N–H and O–H groups in total. The maximum atomic E-state index is 13.1. The molecule has 1 heterocycles. The number of aryl methyl sites for hydroxylation is 1. The summed E-state index contributed by atoms with van der Waals surface area (Å²) in [5, 5.41) is 8.16. The van der Waals surface area contributed by atoms with Gasteiger partial charge in [0.15, 0.2) is 0 Å². The highest BCUT2D eigenvalue weighted by molar-refractivity contribution is 7.89. The van der Waals surface area contributed by atoms with Crippen LogP contribution in [0.25, 0.3) is 0 Å². The Morgan fingerprint density at radius 2 is 1.87 bits per heavy atom. The van der Waals surface area contributed by atoms with E-state index in [0.29, 0.717) is 31.0 Å². The van der Waals surface area contributed by atoms with Gasteiger partial charge < -0.3 is 4.90 Å². The SMILES string of the molecule is CCCN(CCC)c1ccc(N=Nc2nc(CC)ns2)c(N=S(=O)(OF)C(F)F)c1. The van der Waals surface area contributed by atoms with Crippen LogP contribution >= 0.6 is 11.5 Å². The molecule has 0 fully saturated rings. The Morgan fingerprint density at radius 3 is 2.40 bits per heavy atom. The van der Waals surface area contributed by atoms with E-state index in [2.05, 4.69) is 28.3 Å². The molecule has 0 saturated heterocycles. The lowest BCUT2D eigenvalue weighted by Gasteiger charge is -2.24. The minimum absolute atomic E-state index is 0.0189. The Labute approximate surface area is 177 Å². The second-order valence-electron chi connectivity index (χ2n) is 6.14. The number of azo groups is 1. The third kappa shape index (κ3) is 6.19. The topological polar surface area (TPSA) is 92.4 Å². The van der Waals surface area contributed by atoms with Gasteiger partial charge in [0.25, 0.3) is 10.0 Å². The summed E-state index contributed by atoms with van der Waals surface area (Å²) >= 11 is 1.02. The lowest BCUT2D eigenvalue weighted by molar-refractivity contribution is -0.000950. The van der Waals surface area contributed by atoms with Gasteiger partial charge in [0.2, 0.25) is 5.13 Å². The van der Waals surface area contributed by atoms with Crippen molar-refractivity contribution in [3.05, 3.63) is 24.0 Å². The fourth-order valence-electron chi connectivity index (χ4n) is 2.52. The van der Waals surface area contributed by atoms with Gasteiger partial charge in [-0.1, -0.05) is 25.2 Å². The summed E-state index contributed by atoms with van der Waals surface area (Å²) in [5.41, 5.74) is 0.442. The largest absolute Gasteiger partial charge is 0.371 e. The van der Waals surface area contributed by atoms with Crippen molar-refractivity contribution in [2.75, 3.05) is 18.0 Å².